The standard InChI is InChI=1S/C14H18N2OS/c1-11(14-9-15-10-18-14)16-8-7-12-5-3-4-6-13(12)17-2/h3-6,9-11,16H,7-8H2,1-2H3. The summed E-state index contributed by atoms with van der Waals surface area (Å²) < 4.78 is 5.34. The van der Waals surface area contributed by atoms with Crippen LogP contribution < -0.4 is 10.1 Å². The quantitative estimate of drug-likeness (QED) is 0.869. The number of rotatable bonds is 6. The summed E-state index contributed by atoms with van der Waals surface area (Å²) in [4.78, 5) is 5.37. The normalized spacial score (nSPS) is 12.3. The number of benzene rings is 1. The van der Waals surface area contributed by atoms with E-state index in [4.69, 9.17) is 4.74 Å². The molecule has 0 aliphatic heterocycles. The molecule has 1 atom stereocenters. The van der Waals surface area contributed by atoms with E-state index in [1.165, 1.54) is 10.4 Å². The number of methoxy groups -OCH3 is 1. The van der Waals surface area contributed by atoms with Crippen molar-refractivity contribution in [2.75, 3.05) is 13.7 Å². The Bertz CT molecular complexity index is 470. The van der Waals surface area contributed by atoms with Gasteiger partial charge in [0.25, 0.3) is 0 Å². The lowest BCUT2D eigenvalue weighted by molar-refractivity contribution is 0.408. The predicted molar refractivity (Wildman–Crippen MR) is 75.2 cm³/mol. The van der Waals surface area contributed by atoms with E-state index < -0.39 is 0 Å². The zero-order valence-corrected chi connectivity index (χ0v) is 11.5. The van der Waals surface area contributed by atoms with E-state index in [9.17, 15) is 0 Å². The molecule has 1 N–H and O–H groups in total. The third-order valence-electron chi connectivity index (χ3n) is 2.92. The van der Waals surface area contributed by atoms with Crippen molar-refractivity contribution in [1.29, 1.82) is 0 Å². The maximum Gasteiger partial charge on any atom is 0.122 e. The molecular formula is C14H18N2OS. The first-order valence-corrected chi connectivity index (χ1v) is 6.93. The third-order valence-corrected chi connectivity index (χ3v) is 3.87. The number of para-hydroxylation sites is 1. The third kappa shape index (κ3) is 3.31. The zero-order valence-electron chi connectivity index (χ0n) is 10.7. The van der Waals surface area contributed by atoms with Crippen LogP contribution in [0.2, 0.25) is 0 Å². The molecule has 0 bridgehead atoms. The van der Waals surface area contributed by atoms with Gasteiger partial charge in [0.15, 0.2) is 0 Å². The van der Waals surface area contributed by atoms with Gasteiger partial charge in [-0.1, -0.05) is 18.2 Å². The molecule has 0 saturated heterocycles. The summed E-state index contributed by atoms with van der Waals surface area (Å²) in [5.41, 5.74) is 3.11. The Morgan fingerprint density at radius 2 is 2.22 bits per heavy atom. The Labute approximate surface area is 112 Å². The highest BCUT2D eigenvalue weighted by molar-refractivity contribution is 7.09. The average Bonchev–Trinajstić information content (AvgIpc) is 2.93. The summed E-state index contributed by atoms with van der Waals surface area (Å²) in [6.07, 6.45) is 2.89. The van der Waals surface area contributed by atoms with Crippen molar-refractivity contribution in [2.45, 2.75) is 19.4 Å². The highest BCUT2D eigenvalue weighted by Gasteiger charge is 2.07. The summed E-state index contributed by atoms with van der Waals surface area (Å²) in [6, 6.07) is 8.51. The van der Waals surface area contributed by atoms with Gasteiger partial charge in [0.1, 0.15) is 5.75 Å². The fraction of sp³-hybridized carbons (Fsp3) is 0.357. The molecule has 18 heavy (non-hydrogen) atoms. The van der Waals surface area contributed by atoms with Gasteiger partial charge >= 0.3 is 0 Å². The largest absolute Gasteiger partial charge is 0.496 e. The number of nitrogens with zero attached hydrogens (tertiary/aromatic N) is 1. The molecule has 4 heteroatoms. The van der Waals surface area contributed by atoms with Crippen LogP contribution in [0.5, 0.6) is 5.75 Å². The van der Waals surface area contributed by atoms with Gasteiger partial charge in [-0.3, -0.25) is 4.98 Å². The number of nitrogens with one attached hydrogen (secondary N) is 1. The van der Waals surface area contributed by atoms with Crippen molar-refractivity contribution in [3.05, 3.63) is 46.4 Å². The number of hydrogen-bond acceptors (Lipinski definition) is 4. The Morgan fingerprint density at radius 1 is 1.39 bits per heavy atom. The Hall–Kier alpha value is -1.39. The highest BCUT2D eigenvalue weighted by atomic mass is 32.1. The smallest absolute Gasteiger partial charge is 0.122 e. The summed E-state index contributed by atoms with van der Waals surface area (Å²) in [7, 11) is 1.71. The summed E-state index contributed by atoms with van der Waals surface area (Å²) in [6.45, 7) is 3.09. The molecule has 0 spiro atoms. The van der Waals surface area contributed by atoms with Gasteiger partial charge in [-0.2, -0.15) is 0 Å². The predicted octanol–water partition coefficient (Wildman–Crippen LogP) is 3.05. The second kappa shape index (κ2) is 6.52. The van der Waals surface area contributed by atoms with Gasteiger partial charge in [0.05, 0.1) is 12.6 Å². The van der Waals surface area contributed by atoms with E-state index in [1.54, 1.807) is 18.4 Å². The summed E-state index contributed by atoms with van der Waals surface area (Å²) in [5.74, 6) is 0.963. The molecule has 0 saturated carbocycles. The molecule has 0 aliphatic carbocycles. The molecule has 2 aromatic rings. The Morgan fingerprint density at radius 3 is 2.94 bits per heavy atom. The first-order chi connectivity index (χ1) is 8.81. The van der Waals surface area contributed by atoms with Crippen LogP contribution in [-0.4, -0.2) is 18.6 Å². The molecule has 96 valence electrons. The van der Waals surface area contributed by atoms with Crippen molar-refractivity contribution >= 4 is 11.3 Å². The van der Waals surface area contributed by atoms with E-state index in [0.717, 1.165) is 18.7 Å². The number of hydrogen-bond donors (Lipinski definition) is 1. The van der Waals surface area contributed by atoms with E-state index >= 15 is 0 Å². The Balaban J connectivity index is 1.85. The van der Waals surface area contributed by atoms with Gasteiger partial charge in [0, 0.05) is 17.1 Å². The van der Waals surface area contributed by atoms with E-state index in [1.807, 2.05) is 29.9 Å². The van der Waals surface area contributed by atoms with Gasteiger partial charge in [0.2, 0.25) is 0 Å². The highest BCUT2D eigenvalue weighted by Crippen LogP contribution is 2.19. The molecule has 0 radical (unpaired) electrons. The number of ether oxygens (including phenoxy) is 1. The average molecular weight is 262 g/mol. The van der Waals surface area contributed by atoms with Crippen molar-refractivity contribution < 1.29 is 4.74 Å². The van der Waals surface area contributed by atoms with E-state index in [0.29, 0.717) is 6.04 Å². The van der Waals surface area contributed by atoms with E-state index in [-0.39, 0.29) is 0 Å². The molecule has 1 aromatic heterocycles. The molecule has 3 nitrogen and oxygen atoms in total. The van der Waals surface area contributed by atoms with Crippen molar-refractivity contribution in [3.8, 4) is 5.75 Å². The molecule has 0 aliphatic rings. The second-order valence-electron chi connectivity index (χ2n) is 4.14. The van der Waals surface area contributed by atoms with Gasteiger partial charge < -0.3 is 10.1 Å². The molecule has 1 unspecified atom stereocenters. The molecular weight excluding hydrogens is 244 g/mol. The first kappa shape index (κ1) is 13.1. The molecule has 0 amide bonds. The zero-order chi connectivity index (χ0) is 12.8. The van der Waals surface area contributed by atoms with Gasteiger partial charge in [-0.15, -0.1) is 11.3 Å². The Kier molecular flexibility index (Phi) is 4.73. The second-order valence-corrected chi connectivity index (χ2v) is 5.06. The number of thiazole rings is 1. The fourth-order valence-corrected chi connectivity index (χ4v) is 2.53. The van der Waals surface area contributed by atoms with Crippen LogP contribution in [0.15, 0.2) is 36.0 Å². The molecule has 2 rings (SSSR count). The van der Waals surface area contributed by atoms with Crippen molar-refractivity contribution in [2.24, 2.45) is 0 Å². The minimum absolute atomic E-state index is 0.354. The van der Waals surface area contributed by atoms with Gasteiger partial charge in [-0.25, -0.2) is 0 Å². The lowest BCUT2D eigenvalue weighted by Gasteiger charge is -2.13. The van der Waals surface area contributed by atoms with Crippen LogP contribution in [-0.2, 0) is 6.42 Å². The van der Waals surface area contributed by atoms with Crippen LogP contribution in [0.3, 0.4) is 0 Å². The summed E-state index contributed by atoms with van der Waals surface area (Å²) in [5, 5.41) is 3.50. The summed E-state index contributed by atoms with van der Waals surface area (Å²) >= 11 is 1.69. The van der Waals surface area contributed by atoms with Gasteiger partial charge in [-0.05, 0) is 31.5 Å². The SMILES string of the molecule is COc1ccccc1CCNC(C)c1cncs1. The van der Waals surface area contributed by atoms with Crippen LogP contribution in [0, 0.1) is 0 Å². The van der Waals surface area contributed by atoms with Crippen molar-refractivity contribution in [3.63, 3.8) is 0 Å². The lowest BCUT2D eigenvalue weighted by atomic mass is 10.1. The van der Waals surface area contributed by atoms with Crippen LogP contribution >= 0.6 is 11.3 Å². The van der Waals surface area contributed by atoms with Crippen LogP contribution in [0.4, 0.5) is 0 Å². The van der Waals surface area contributed by atoms with Crippen LogP contribution in [0.25, 0.3) is 0 Å². The number of aromatic nitrogens is 1. The maximum atomic E-state index is 5.34. The minimum Gasteiger partial charge on any atom is -0.496 e. The van der Waals surface area contributed by atoms with Crippen molar-refractivity contribution in [1.82, 2.24) is 10.3 Å². The maximum absolute atomic E-state index is 5.34. The monoisotopic (exact) mass is 262 g/mol. The lowest BCUT2D eigenvalue weighted by Crippen LogP contribution is -2.20. The fourth-order valence-electron chi connectivity index (χ4n) is 1.87. The molecule has 1 heterocycles. The van der Waals surface area contributed by atoms with Crippen LogP contribution in [0.1, 0.15) is 23.4 Å². The molecule has 0 fully saturated rings. The topological polar surface area (TPSA) is 34.1 Å². The molecule has 1 aromatic carbocycles. The van der Waals surface area contributed by atoms with E-state index in [2.05, 4.69) is 23.3 Å². The first-order valence-electron chi connectivity index (χ1n) is 6.05. The minimum atomic E-state index is 0.354.